The molecule has 2 N–H and O–H groups in total. The van der Waals surface area contributed by atoms with Crippen molar-refractivity contribution in [2.45, 2.75) is 25.8 Å². The van der Waals surface area contributed by atoms with E-state index < -0.39 is 0 Å². The molecule has 1 fully saturated rings. The number of ether oxygens (including phenoxy) is 1. The van der Waals surface area contributed by atoms with E-state index in [0.717, 1.165) is 44.2 Å². The molecule has 0 spiro atoms. The van der Waals surface area contributed by atoms with Crippen molar-refractivity contribution in [3.63, 3.8) is 0 Å². The summed E-state index contributed by atoms with van der Waals surface area (Å²) >= 11 is 0. The van der Waals surface area contributed by atoms with Crippen LogP contribution in [0, 0.1) is 5.92 Å². The van der Waals surface area contributed by atoms with Gasteiger partial charge in [0, 0.05) is 25.7 Å². The predicted molar refractivity (Wildman–Crippen MR) is 74.8 cm³/mol. The molecule has 0 saturated carbocycles. The van der Waals surface area contributed by atoms with Crippen LogP contribution in [-0.2, 0) is 0 Å². The van der Waals surface area contributed by atoms with Gasteiger partial charge >= 0.3 is 0 Å². The Morgan fingerprint density at radius 2 is 2.06 bits per heavy atom. The first-order chi connectivity index (χ1) is 8.74. The Labute approximate surface area is 110 Å². The zero-order valence-electron chi connectivity index (χ0n) is 11.2. The van der Waals surface area contributed by atoms with Crippen LogP contribution in [0.5, 0.6) is 5.75 Å². The summed E-state index contributed by atoms with van der Waals surface area (Å²) in [6.45, 7) is 6.37. The van der Waals surface area contributed by atoms with Crippen molar-refractivity contribution < 1.29 is 4.74 Å². The molecule has 2 atom stereocenters. The molecule has 1 aromatic carbocycles. The average molecular weight is 248 g/mol. The molecular formula is C15H24N2O. The van der Waals surface area contributed by atoms with Gasteiger partial charge in [-0.2, -0.15) is 0 Å². The highest BCUT2D eigenvalue weighted by atomic mass is 16.5. The lowest BCUT2D eigenvalue weighted by Crippen LogP contribution is -2.46. The van der Waals surface area contributed by atoms with Gasteiger partial charge in [-0.05, 0) is 30.9 Å². The van der Waals surface area contributed by atoms with Crippen LogP contribution < -0.4 is 10.5 Å². The molecule has 1 saturated heterocycles. The van der Waals surface area contributed by atoms with Crippen LogP contribution in [0.2, 0.25) is 0 Å². The summed E-state index contributed by atoms with van der Waals surface area (Å²) in [6.07, 6.45) is 2.23. The van der Waals surface area contributed by atoms with Gasteiger partial charge < -0.3 is 15.4 Å². The number of likely N-dealkylation sites (tertiary alicyclic amines) is 1. The maximum absolute atomic E-state index is 6.04. The highest BCUT2D eigenvalue weighted by Gasteiger charge is 2.21. The summed E-state index contributed by atoms with van der Waals surface area (Å²) in [5, 5.41) is 0. The highest BCUT2D eigenvalue weighted by Crippen LogP contribution is 2.15. The molecule has 0 aromatic heterocycles. The highest BCUT2D eigenvalue weighted by molar-refractivity contribution is 5.20. The third-order valence-corrected chi connectivity index (χ3v) is 3.40. The van der Waals surface area contributed by atoms with Crippen LogP contribution in [0.3, 0.4) is 0 Å². The fourth-order valence-corrected chi connectivity index (χ4v) is 2.69. The van der Waals surface area contributed by atoms with E-state index in [2.05, 4.69) is 11.8 Å². The normalized spacial score (nSPS) is 25.0. The van der Waals surface area contributed by atoms with Crippen LogP contribution in [0.1, 0.15) is 19.8 Å². The molecule has 0 amide bonds. The minimum atomic E-state index is 0.351. The second-order valence-electron chi connectivity index (χ2n) is 5.38. The van der Waals surface area contributed by atoms with Crippen LogP contribution >= 0.6 is 0 Å². The molecule has 1 aliphatic heterocycles. The molecule has 3 heteroatoms. The molecule has 3 nitrogen and oxygen atoms in total. The molecule has 1 aromatic rings. The van der Waals surface area contributed by atoms with Crippen molar-refractivity contribution in [3.8, 4) is 5.75 Å². The lowest BCUT2D eigenvalue weighted by atomic mass is 9.96. The largest absolute Gasteiger partial charge is 0.494 e. The number of hydrogen-bond donors (Lipinski definition) is 1. The topological polar surface area (TPSA) is 38.5 Å². The number of piperidine rings is 1. The van der Waals surface area contributed by atoms with E-state index in [9.17, 15) is 0 Å². The Hall–Kier alpha value is -1.06. The summed E-state index contributed by atoms with van der Waals surface area (Å²) in [6, 6.07) is 10.4. The Morgan fingerprint density at radius 3 is 2.78 bits per heavy atom. The van der Waals surface area contributed by atoms with Crippen LogP contribution in [0.15, 0.2) is 30.3 Å². The van der Waals surface area contributed by atoms with E-state index in [1.165, 1.54) is 6.54 Å². The van der Waals surface area contributed by atoms with Crippen molar-refractivity contribution in [3.05, 3.63) is 30.3 Å². The fraction of sp³-hybridized carbons (Fsp3) is 0.600. The third-order valence-electron chi connectivity index (χ3n) is 3.40. The first-order valence-corrected chi connectivity index (χ1v) is 6.90. The summed E-state index contributed by atoms with van der Waals surface area (Å²) in [5.74, 6) is 1.69. The first-order valence-electron chi connectivity index (χ1n) is 6.90. The van der Waals surface area contributed by atoms with Crippen molar-refractivity contribution in [1.29, 1.82) is 0 Å². The quantitative estimate of drug-likeness (QED) is 0.811. The minimum absolute atomic E-state index is 0.351. The van der Waals surface area contributed by atoms with Gasteiger partial charge in [0.2, 0.25) is 0 Å². The van der Waals surface area contributed by atoms with Crippen molar-refractivity contribution >= 4 is 0 Å². The van der Waals surface area contributed by atoms with Crippen molar-refractivity contribution in [2.75, 3.05) is 26.2 Å². The number of rotatable bonds is 5. The Balaban J connectivity index is 1.63. The maximum atomic E-state index is 6.04. The van der Waals surface area contributed by atoms with Gasteiger partial charge in [0.05, 0.1) is 6.61 Å². The first kappa shape index (κ1) is 13.4. The molecule has 18 heavy (non-hydrogen) atoms. The molecule has 2 rings (SSSR count). The van der Waals surface area contributed by atoms with Gasteiger partial charge in [0.1, 0.15) is 5.75 Å². The van der Waals surface area contributed by atoms with Gasteiger partial charge in [-0.1, -0.05) is 25.1 Å². The predicted octanol–water partition coefficient (Wildman–Crippen LogP) is 2.12. The summed E-state index contributed by atoms with van der Waals surface area (Å²) in [7, 11) is 0. The zero-order chi connectivity index (χ0) is 12.8. The van der Waals surface area contributed by atoms with Gasteiger partial charge in [-0.3, -0.25) is 0 Å². The molecule has 100 valence electrons. The van der Waals surface area contributed by atoms with Crippen molar-refractivity contribution in [1.82, 2.24) is 4.90 Å². The molecular weight excluding hydrogens is 224 g/mol. The second-order valence-corrected chi connectivity index (χ2v) is 5.38. The van der Waals surface area contributed by atoms with Crippen LogP contribution in [-0.4, -0.2) is 37.2 Å². The van der Waals surface area contributed by atoms with E-state index >= 15 is 0 Å². The number of nitrogens with zero attached hydrogens (tertiary/aromatic N) is 1. The number of hydrogen-bond acceptors (Lipinski definition) is 3. The lowest BCUT2D eigenvalue weighted by molar-refractivity contribution is 0.154. The van der Waals surface area contributed by atoms with Crippen LogP contribution in [0.25, 0.3) is 0 Å². The summed E-state index contributed by atoms with van der Waals surface area (Å²) in [4.78, 5) is 2.47. The SMILES string of the molecule is CC1CC(N)CN(CCCOc2ccccc2)C1. The zero-order valence-corrected chi connectivity index (χ0v) is 11.2. The Morgan fingerprint density at radius 1 is 1.28 bits per heavy atom. The monoisotopic (exact) mass is 248 g/mol. The molecule has 1 heterocycles. The Kier molecular flexibility index (Phi) is 5.02. The van der Waals surface area contributed by atoms with Crippen molar-refractivity contribution in [2.24, 2.45) is 11.7 Å². The molecule has 0 bridgehead atoms. The lowest BCUT2D eigenvalue weighted by Gasteiger charge is -2.34. The van der Waals surface area contributed by atoms with E-state index in [-0.39, 0.29) is 0 Å². The van der Waals surface area contributed by atoms with Gasteiger partial charge in [-0.25, -0.2) is 0 Å². The third kappa shape index (κ3) is 4.31. The van der Waals surface area contributed by atoms with Gasteiger partial charge in [0.15, 0.2) is 0 Å². The van der Waals surface area contributed by atoms with E-state index in [0.29, 0.717) is 6.04 Å². The van der Waals surface area contributed by atoms with Gasteiger partial charge in [-0.15, -0.1) is 0 Å². The van der Waals surface area contributed by atoms with E-state index in [4.69, 9.17) is 10.5 Å². The van der Waals surface area contributed by atoms with Gasteiger partial charge in [0.25, 0.3) is 0 Å². The standard InChI is InChI=1S/C15H24N2O/c1-13-10-14(16)12-17(11-13)8-5-9-18-15-6-3-2-4-7-15/h2-4,6-7,13-14H,5,8-12,16H2,1H3. The molecule has 1 aliphatic rings. The number of benzene rings is 1. The second kappa shape index (κ2) is 6.76. The fourth-order valence-electron chi connectivity index (χ4n) is 2.69. The summed E-state index contributed by atoms with van der Waals surface area (Å²) < 4.78 is 5.69. The Bertz CT molecular complexity index is 332. The molecule has 2 unspecified atom stereocenters. The number of nitrogens with two attached hydrogens (primary N) is 1. The maximum Gasteiger partial charge on any atom is 0.119 e. The van der Waals surface area contributed by atoms with Crippen LogP contribution in [0.4, 0.5) is 0 Å². The van der Waals surface area contributed by atoms with E-state index in [1.54, 1.807) is 0 Å². The molecule has 0 aliphatic carbocycles. The smallest absolute Gasteiger partial charge is 0.119 e. The minimum Gasteiger partial charge on any atom is -0.494 e. The van der Waals surface area contributed by atoms with E-state index in [1.807, 2.05) is 30.3 Å². The summed E-state index contributed by atoms with van der Waals surface area (Å²) in [5.41, 5.74) is 6.04. The number of para-hydroxylation sites is 1. The molecule has 0 radical (unpaired) electrons. The average Bonchev–Trinajstić information content (AvgIpc) is 2.35.